The number of carbonyl (C=O) groups excluding carboxylic acids is 1. The topological polar surface area (TPSA) is 60.7 Å². The summed E-state index contributed by atoms with van der Waals surface area (Å²) in [6, 6.07) is 3.56. The van der Waals surface area contributed by atoms with E-state index in [2.05, 4.69) is 4.98 Å². The lowest BCUT2D eigenvalue weighted by molar-refractivity contribution is 0.111. The molecule has 0 aliphatic rings. The van der Waals surface area contributed by atoms with Gasteiger partial charge in [-0.3, -0.25) is 14.0 Å². The van der Waals surface area contributed by atoms with E-state index in [1.807, 2.05) is 13.0 Å². The molecule has 82 valence electrons. The normalized spacial score (nSPS) is 10.4. The highest BCUT2D eigenvalue weighted by Crippen LogP contribution is 2.13. The summed E-state index contributed by atoms with van der Waals surface area (Å²) in [7, 11) is 1.38. The van der Waals surface area contributed by atoms with Crippen LogP contribution in [0, 0.1) is 6.92 Å². The summed E-state index contributed by atoms with van der Waals surface area (Å²) in [6.45, 7) is 1.84. The van der Waals surface area contributed by atoms with Gasteiger partial charge in [-0.05, 0) is 18.6 Å². The molecule has 0 atom stereocenters. The van der Waals surface area contributed by atoms with Gasteiger partial charge in [0.25, 0.3) is 5.56 Å². The highest BCUT2D eigenvalue weighted by Gasteiger charge is 2.12. The van der Waals surface area contributed by atoms with E-state index >= 15 is 0 Å². The van der Waals surface area contributed by atoms with Crippen molar-refractivity contribution < 1.29 is 9.53 Å². The van der Waals surface area contributed by atoms with E-state index < -0.39 is 5.56 Å². The third-order valence-electron chi connectivity index (χ3n) is 2.36. The van der Waals surface area contributed by atoms with Crippen molar-refractivity contribution in [2.75, 3.05) is 7.11 Å². The molecule has 2 rings (SSSR count). The first-order valence-corrected chi connectivity index (χ1v) is 4.70. The lowest BCUT2D eigenvalue weighted by Gasteiger charge is -2.07. The summed E-state index contributed by atoms with van der Waals surface area (Å²) in [6.07, 6.45) is 2.03. The van der Waals surface area contributed by atoms with Crippen LogP contribution in [0.25, 0.3) is 5.65 Å². The second-order valence-corrected chi connectivity index (χ2v) is 3.34. The van der Waals surface area contributed by atoms with E-state index in [1.165, 1.54) is 11.5 Å². The van der Waals surface area contributed by atoms with Crippen LogP contribution in [0.15, 0.2) is 23.1 Å². The highest BCUT2D eigenvalue weighted by atomic mass is 16.5. The van der Waals surface area contributed by atoms with Crippen molar-refractivity contribution in [3.8, 4) is 5.88 Å². The molecule has 5 heteroatoms. The van der Waals surface area contributed by atoms with Crippen molar-refractivity contribution in [3.63, 3.8) is 0 Å². The smallest absolute Gasteiger partial charge is 0.272 e. The second-order valence-electron chi connectivity index (χ2n) is 3.34. The summed E-state index contributed by atoms with van der Waals surface area (Å²) >= 11 is 0. The summed E-state index contributed by atoms with van der Waals surface area (Å²) in [5, 5.41) is 0. The number of aryl methyl sites for hydroxylation is 1. The molecule has 0 fully saturated rings. The van der Waals surface area contributed by atoms with Gasteiger partial charge in [-0.1, -0.05) is 6.07 Å². The first-order valence-electron chi connectivity index (χ1n) is 4.70. The zero-order valence-corrected chi connectivity index (χ0v) is 8.93. The van der Waals surface area contributed by atoms with Crippen LogP contribution >= 0.6 is 0 Å². The van der Waals surface area contributed by atoms with Crippen LogP contribution in [0.3, 0.4) is 0 Å². The Bertz CT molecular complexity index is 616. The molecule has 0 bridgehead atoms. The van der Waals surface area contributed by atoms with E-state index in [9.17, 15) is 9.59 Å². The lowest BCUT2D eigenvalue weighted by atomic mass is 10.2. The number of fused-ring (bicyclic) bond motifs is 1. The van der Waals surface area contributed by atoms with Crippen LogP contribution in [0.2, 0.25) is 0 Å². The van der Waals surface area contributed by atoms with Gasteiger partial charge in [0.15, 0.2) is 6.29 Å². The van der Waals surface area contributed by atoms with E-state index in [0.29, 0.717) is 11.9 Å². The van der Waals surface area contributed by atoms with Crippen molar-refractivity contribution >= 4 is 11.9 Å². The van der Waals surface area contributed by atoms with Crippen molar-refractivity contribution in [2.45, 2.75) is 6.92 Å². The average molecular weight is 218 g/mol. The molecular weight excluding hydrogens is 208 g/mol. The molecule has 0 aliphatic heterocycles. The van der Waals surface area contributed by atoms with Crippen LogP contribution in [0.1, 0.15) is 15.9 Å². The first kappa shape index (κ1) is 10.4. The number of nitrogens with zero attached hydrogens (tertiary/aromatic N) is 2. The van der Waals surface area contributed by atoms with Crippen molar-refractivity contribution in [1.82, 2.24) is 9.38 Å². The monoisotopic (exact) mass is 218 g/mol. The zero-order chi connectivity index (χ0) is 11.7. The third-order valence-corrected chi connectivity index (χ3v) is 2.36. The fraction of sp³-hybridized carbons (Fsp3) is 0.182. The number of aldehydes is 1. The number of carbonyl (C=O) groups is 1. The third kappa shape index (κ3) is 1.37. The Kier molecular flexibility index (Phi) is 2.44. The number of hydrogen-bond acceptors (Lipinski definition) is 4. The zero-order valence-electron chi connectivity index (χ0n) is 8.93. The molecule has 0 N–H and O–H groups in total. The number of pyridine rings is 1. The SMILES string of the molecule is COc1nc2c(C)cccn2c(=O)c1C=O. The number of rotatable bonds is 2. The molecule has 0 saturated heterocycles. The predicted molar refractivity (Wildman–Crippen MR) is 58.1 cm³/mol. The molecule has 0 amide bonds. The van der Waals surface area contributed by atoms with Crippen molar-refractivity contribution in [1.29, 1.82) is 0 Å². The van der Waals surface area contributed by atoms with Crippen molar-refractivity contribution in [2.24, 2.45) is 0 Å². The summed E-state index contributed by atoms with van der Waals surface area (Å²) < 4.78 is 6.26. The number of hydrogen-bond donors (Lipinski definition) is 0. The molecule has 2 heterocycles. The molecule has 16 heavy (non-hydrogen) atoms. The molecule has 0 aliphatic carbocycles. The highest BCUT2D eigenvalue weighted by molar-refractivity contribution is 5.78. The minimum absolute atomic E-state index is 0.0642. The molecule has 0 saturated carbocycles. The molecule has 0 spiro atoms. The Hall–Kier alpha value is -2.17. The van der Waals surface area contributed by atoms with Gasteiger partial charge >= 0.3 is 0 Å². The van der Waals surface area contributed by atoms with Crippen LogP contribution in [0.5, 0.6) is 5.88 Å². The fourth-order valence-electron chi connectivity index (χ4n) is 1.55. The van der Waals surface area contributed by atoms with Gasteiger partial charge in [0.1, 0.15) is 11.2 Å². The molecular formula is C11H10N2O3. The van der Waals surface area contributed by atoms with Gasteiger partial charge < -0.3 is 4.74 Å². The van der Waals surface area contributed by atoms with Gasteiger partial charge in [-0.15, -0.1) is 0 Å². The molecule has 0 unspecified atom stereocenters. The predicted octanol–water partition coefficient (Wildman–Crippen LogP) is 0.824. The Balaban J connectivity index is 2.99. The summed E-state index contributed by atoms with van der Waals surface area (Å²) in [4.78, 5) is 26.8. The Morgan fingerprint density at radius 2 is 2.25 bits per heavy atom. The van der Waals surface area contributed by atoms with Gasteiger partial charge in [-0.25, -0.2) is 0 Å². The van der Waals surface area contributed by atoms with Crippen LogP contribution in [-0.4, -0.2) is 22.8 Å². The minimum atomic E-state index is -0.416. The van der Waals surface area contributed by atoms with Crippen LogP contribution in [0.4, 0.5) is 0 Å². The summed E-state index contributed by atoms with van der Waals surface area (Å²) in [5.74, 6) is 0.0642. The van der Waals surface area contributed by atoms with Gasteiger partial charge in [0.2, 0.25) is 5.88 Å². The van der Waals surface area contributed by atoms with E-state index in [-0.39, 0.29) is 11.4 Å². The number of ether oxygens (including phenoxy) is 1. The molecule has 0 aromatic carbocycles. The van der Waals surface area contributed by atoms with E-state index in [4.69, 9.17) is 4.74 Å². The molecule has 0 radical (unpaired) electrons. The number of methoxy groups -OCH3 is 1. The maximum Gasteiger partial charge on any atom is 0.272 e. The lowest BCUT2D eigenvalue weighted by Crippen LogP contribution is -2.21. The van der Waals surface area contributed by atoms with Gasteiger partial charge in [0.05, 0.1) is 7.11 Å². The molecule has 5 nitrogen and oxygen atoms in total. The second kappa shape index (κ2) is 3.77. The standard InChI is InChI=1S/C11H10N2O3/c1-7-4-3-5-13-9(7)12-10(16-2)8(6-14)11(13)15/h3-6H,1-2H3. The fourth-order valence-corrected chi connectivity index (χ4v) is 1.55. The summed E-state index contributed by atoms with van der Waals surface area (Å²) in [5.41, 5.74) is 0.858. The number of aromatic nitrogens is 2. The molecule has 2 aromatic heterocycles. The first-order chi connectivity index (χ1) is 7.69. The minimum Gasteiger partial charge on any atom is -0.480 e. The van der Waals surface area contributed by atoms with Crippen LogP contribution in [-0.2, 0) is 0 Å². The largest absolute Gasteiger partial charge is 0.480 e. The van der Waals surface area contributed by atoms with E-state index in [0.717, 1.165) is 5.56 Å². The Labute approximate surface area is 91.3 Å². The van der Waals surface area contributed by atoms with Gasteiger partial charge in [-0.2, -0.15) is 4.98 Å². The maximum absolute atomic E-state index is 11.9. The average Bonchev–Trinajstić information content (AvgIpc) is 2.30. The molecule has 2 aromatic rings. The quantitative estimate of drug-likeness (QED) is 0.700. The van der Waals surface area contributed by atoms with Crippen LogP contribution < -0.4 is 10.3 Å². The maximum atomic E-state index is 11.9. The Morgan fingerprint density at radius 1 is 1.50 bits per heavy atom. The Morgan fingerprint density at radius 3 is 2.88 bits per heavy atom. The van der Waals surface area contributed by atoms with Gasteiger partial charge in [0, 0.05) is 6.20 Å². The van der Waals surface area contributed by atoms with Crippen molar-refractivity contribution in [3.05, 3.63) is 39.8 Å². The van der Waals surface area contributed by atoms with E-state index in [1.54, 1.807) is 12.3 Å².